The van der Waals surface area contributed by atoms with Crippen LogP contribution >= 0.6 is 11.6 Å². The van der Waals surface area contributed by atoms with Crippen molar-refractivity contribution in [1.29, 1.82) is 0 Å². The largest absolute Gasteiger partial charge is 0.493 e. The van der Waals surface area contributed by atoms with Gasteiger partial charge in [-0.25, -0.2) is 12.8 Å². The minimum atomic E-state index is -3.29. The first-order chi connectivity index (χ1) is 9.90. The SMILES string of the molecule is COc1cc(F)c(C(Cl)C2CCCCS2(=O)=O)cc1OC. The molecule has 0 aliphatic carbocycles. The quantitative estimate of drug-likeness (QED) is 0.793. The normalized spacial score (nSPS) is 22.6. The second-order valence-corrected chi connectivity index (χ2v) is 7.84. The summed E-state index contributed by atoms with van der Waals surface area (Å²) in [6.07, 6.45) is 1.86. The van der Waals surface area contributed by atoms with Crippen LogP contribution in [0, 0.1) is 5.82 Å². The maximum Gasteiger partial charge on any atom is 0.163 e. The summed E-state index contributed by atoms with van der Waals surface area (Å²) in [7, 11) is -0.459. The second-order valence-electron chi connectivity index (χ2n) is 5.03. The van der Waals surface area contributed by atoms with Gasteiger partial charge in [-0.05, 0) is 18.9 Å². The van der Waals surface area contributed by atoms with E-state index < -0.39 is 26.3 Å². The van der Waals surface area contributed by atoms with Crippen molar-refractivity contribution in [3.05, 3.63) is 23.5 Å². The van der Waals surface area contributed by atoms with Crippen molar-refractivity contribution in [2.24, 2.45) is 0 Å². The molecule has 0 bridgehead atoms. The fourth-order valence-corrected chi connectivity index (χ4v) is 5.30. The van der Waals surface area contributed by atoms with Crippen LogP contribution in [0.2, 0.25) is 0 Å². The molecule has 1 fully saturated rings. The van der Waals surface area contributed by atoms with Gasteiger partial charge in [0.2, 0.25) is 0 Å². The zero-order valence-corrected chi connectivity index (χ0v) is 13.5. The third-order valence-corrected chi connectivity index (χ3v) is 6.73. The summed E-state index contributed by atoms with van der Waals surface area (Å²) >= 11 is 6.28. The van der Waals surface area contributed by atoms with Gasteiger partial charge in [-0.1, -0.05) is 6.42 Å². The van der Waals surface area contributed by atoms with Crippen LogP contribution in [0.1, 0.15) is 30.2 Å². The lowest BCUT2D eigenvalue weighted by atomic mass is 10.0. The molecule has 2 atom stereocenters. The zero-order valence-electron chi connectivity index (χ0n) is 11.9. The van der Waals surface area contributed by atoms with E-state index in [-0.39, 0.29) is 17.1 Å². The fourth-order valence-electron chi connectivity index (χ4n) is 2.59. The standard InChI is InChI=1S/C14H18ClFO4S/c1-19-11-7-9(10(16)8-12(11)20-2)14(15)13-5-3-4-6-21(13,17)18/h7-8,13-14H,3-6H2,1-2H3. The van der Waals surface area contributed by atoms with E-state index in [9.17, 15) is 12.8 Å². The van der Waals surface area contributed by atoms with Gasteiger partial charge in [0.05, 0.1) is 30.6 Å². The van der Waals surface area contributed by atoms with E-state index in [4.69, 9.17) is 21.1 Å². The molecule has 1 aliphatic rings. The molecular formula is C14H18ClFO4S. The number of rotatable bonds is 4. The molecule has 0 spiro atoms. The molecule has 2 unspecified atom stereocenters. The van der Waals surface area contributed by atoms with Crippen LogP contribution < -0.4 is 9.47 Å². The van der Waals surface area contributed by atoms with Crippen molar-refractivity contribution in [2.75, 3.05) is 20.0 Å². The van der Waals surface area contributed by atoms with Crippen LogP contribution in [-0.4, -0.2) is 33.6 Å². The van der Waals surface area contributed by atoms with Crippen LogP contribution in [0.25, 0.3) is 0 Å². The van der Waals surface area contributed by atoms with Gasteiger partial charge in [-0.2, -0.15) is 0 Å². The summed E-state index contributed by atoms with van der Waals surface area (Å²) in [4.78, 5) is 0. The Bertz CT molecular complexity index is 618. The number of alkyl halides is 1. The highest BCUT2D eigenvalue weighted by Crippen LogP contribution is 2.40. The third-order valence-electron chi connectivity index (χ3n) is 3.76. The van der Waals surface area contributed by atoms with Crippen molar-refractivity contribution in [2.45, 2.75) is 29.9 Å². The van der Waals surface area contributed by atoms with Crippen LogP contribution in [0.4, 0.5) is 4.39 Å². The number of methoxy groups -OCH3 is 2. The maximum atomic E-state index is 14.2. The first-order valence-corrected chi connectivity index (χ1v) is 8.83. The highest BCUT2D eigenvalue weighted by atomic mass is 35.5. The van der Waals surface area contributed by atoms with Crippen molar-refractivity contribution < 1.29 is 22.3 Å². The number of halogens is 2. The summed E-state index contributed by atoms with van der Waals surface area (Å²) in [6.45, 7) is 0. The van der Waals surface area contributed by atoms with Crippen LogP contribution in [0.3, 0.4) is 0 Å². The molecule has 7 heteroatoms. The van der Waals surface area contributed by atoms with Gasteiger partial charge in [0.15, 0.2) is 21.3 Å². The molecule has 0 radical (unpaired) electrons. The van der Waals surface area contributed by atoms with Crippen molar-refractivity contribution >= 4 is 21.4 Å². The average Bonchev–Trinajstić information content (AvgIpc) is 2.45. The summed E-state index contributed by atoms with van der Waals surface area (Å²) in [5.74, 6) is 0.0887. The Morgan fingerprint density at radius 2 is 1.86 bits per heavy atom. The lowest BCUT2D eigenvalue weighted by molar-refractivity contribution is 0.351. The van der Waals surface area contributed by atoms with E-state index >= 15 is 0 Å². The fraction of sp³-hybridized carbons (Fsp3) is 0.571. The van der Waals surface area contributed by atoms with E-state index in [0.29, 0.717) is 18.6 Å². The van der Waals surface area contributed by atoms with E-state index in [2.05, 4.69) is 0 Å². The van der Waals surface area contributed by atoms with E-state index in [0.717, 1.165) is 6.42 Å². The predicted octanol–water partition coefficient (Wildman–Crippen LogP) is 3.09. The van der Waals surface area contributed by atoms with Crippen molar-refractivity contribution in [3.8, 4) is 11.5 Å². The van der Waals surface area contributed by atoms with E-state index in [1.54, 1.807) is 0 Å². The maximum absolute atomic E-state index is 14.2. The summed E-state index contributed by atoms with van der Waals surface area (Å²) in [6, 6.07) is 2.58. The lowest BCUT2D eigenvalue weighted by Crippen LogP contribution is -2.32. The molecule has 0 saturated carbocycles. The Labute approximate surface area is 129 Å². The molecule has 21 heavy (non-hydrogen) atoms. The molecule has 118 valence electrons. The number of benzene rings is 1. The first-order valence-electron chi connectivity index (χ1n) is 6.67. The lowest BCUT2D eigenvalue weighted by Gasteiger charge is -2.27. The minimum Gasteiger partial charge on any atom is -0.493 e. The first kappa shape index (κ1) is 16.4. The third kappa shape index (κ3) is 3.26. The van der Waals surface area contributed by atoms with Crippen LogP contribution in [0.5, 0.6) is 11.5 Å². The zero-order chi connectivity index (χ0) is 15.6. The average molecular weight is 337 g/mol. The topological polar surface area (TPSA) is 52.6 Å². The predicted molar refractivity (Wildman–Crippen MR) is 79.5 cm³/mol. The van der Waals surface area contributed by atoms with E-state index in [1.165, 1.54) is 26.4 Å². The molecule has 4 nitrogen and oxygen atoms in total. The van der Waals surface area contributed by atoms with Gasteiger partial charge in [-0.15, -0.1) is 11.6 Å². The van der Waals surface area contributed by atoms with Gasteiger partial charge in [0.1, 0.15) is 5.82 Å². The number of hydrogen-bond donors (Lipinski definition) is 0. The summed E-state index contributed by atoms with van der Waals surface area (Å²) < 4.78 is 48.6. The summed E-state index contributed by atoms with van der Waals surface area (Å²) in [5, 5.41) is -1.70. The molecule has 2 rings (SSSR count). The summed E-state index contributed by atoms with van der Waals surface area (Å²) in [5.41, 5.74) is 0.129. The highest BCUT2D eigenvalue weighted by Gasteiger charge is 2.37. The monoisotopic (exact) mass is 336 g/mol. The van der Waals surface area contributed by atoms with Gasteiger partial charge in [-0.3, -0.25) is 0 Å². The minimum absolute atomic E-state index is 0.107. The van der Waals surface area contributed by atoms with E-state index in [1.807, 2.05) is 0 Å². The Kier molecular flexibility index (Phi) is 4.99. The number of ether oxygens (including phenoxy) is 2. The Morgan fingerprint density at radius 3 is 2.43 bits per heavy atom. The van der Waals surface area contributed by atoms with Crippen LogP contribution in [-0.2, 0) is 9.84 Å². The number of hydrogen-bond acceptors (Lipinski definition) is 4. The van der Waals surface area contributed by atoms with Crippen molar-refractivity contribution in [3.63, 3.8) is 0 Å². The van der Waals surface area contributed by atoms with Crippen LogP contribution in [0.15, 0.2) is 12.1 Å². The smallest absolute Gasteiger partial charge is 0.163 e. The molecular weight excluding hydrogens is 319 g/mol. The molecule has 1 heterocycles. The highest BCUT2D eigenvalue weighted by molar-refractivity contribution is 7.92. The van der Waals surface area contributed by atoms with Gasteiger partial charge < -0.3 is 9.47 Å². The number of sulfone groups is 1. The van der Waals surface area contributed by atoms with Gasteiger partial charge >= 0.3 is 0 Å². The van der Waals surface area contributed by atoms with Crippen molar-refractivity contribution in [1.82, 2.24) is 0 Å². The molecule has 0 amide bonds. The van der Waals surface area contributed by atoms with Gasteiger partial charge in [0, 0.05) is 11.6 Å². The molecule has 1 aromatic carbocycles. The Balaban J connectivity index is 2.41. The molecule has 1 aromatic rings. The Morgan fingerprint density at radius 1 is 1.24 bits per heavy atom. The molecule has 1 aliphatic heterocycles. The Hall–Kier alpha value is -1.01. The molecule has 0 N–H and O–H groups in total. The molecule has 0 aromatic heterocycles. The molecule has 1 saturated heterocycles. The van der Waals surface area contributed by atoms with Gasteiger partial charge in [0.25, 0.3) is 0 Å². The second kappa shape index (κ2) is 6.40.